The van der Waals surface area contributed by atoms with Gasteiger partial charge in [0.1, 0.15) is 23.3 Å². The second-order valence-corrected chi connectivity index (χ2v) is 23.3. The third-order valence-corrected chi connectivity index (χ3v) is 18.7. The van der Waals surface area contributed by atoms with Crippen molar-refractivity contribution in [2.24, 2.45) is 0 Å². The molecule has 1 unspecified atom stereocenters. The monoisotopic (exact) mass is 851 g/mol. The zero-order valence-corrected chi connectivity index (χ0v) is 37.3. The van der Waals surface area contributed by atoms with Crippen molar-refractivity contribution in [3.05, 3.63) is 82.6 Å². The number of nitriles is 1. The Morgan fingerprint density at radius 1 is 1.03 bits per heavy atom. The van der Waals surface area contributed by atoms with Crippen molar-refractivity contribution in [2.75, 3.05) is 50.5 Å². The normalized spacial score (nSPS) is 24.4. The van der Waals surface area contributed by atoms with Gasteiger partial charge >= 0.3 is 6.01 Å². The van der Waals surface area contributed by atoms with Gasteiger partial charge in [0.15, 0.2) is 0 Å². The van der Waals surface area contributed by atoms with Gasteiger partial charge in [0.2, 0.25) is 23.5 Å². The molecule has 5 atom stereocenters. The standard InChI is InChI=1S/C44H54FN9O4SSi/c1-28(33-23-29(45)25-53(33)7)56-41-50-37(38-48-39(57-52-38)44(6)20-14-19-34-35(44)32(24-46)36(47)59-34)49-40(51-41)54-21-22-55-27-43(5,26-54)58-60(42(2,3)4,30-15-10-8-11-16-30)31-17-12-9-13-18-31/h8-13,15-18,28-29,33H,14,19-23,25-27,47H2,1-7H3/t28-,29+,33-,43?,44-/m0/s1. The van der Waals surface area contributed by atoms with E-state index >= 15 is 0 Å². The Kier molecular flexibility index (Phi) is 11.3. The van der Waals surface area contributed by atoms with E-state index in [1.54, 1.807) is 0 Å². The number of nitrogens with zero attached hydrogens (tertiary/aromatic N) is 8. The van der Waals surface area contributed by atoms with Crippen LogP contribution in [0.25, 0.3) is 11.6 Å². The Labute approximate surface area is 356 Å². The van der Waals surface area contributed by atoms with Crippen LogP contribution in [0.5, 0.6) is 6.01 Å². The molecule has 0 radical (unpaired) electrons. The number of rotatable bonds is 10. The van der Waals surface area contributed by atoms with Crippen LogP contribution in [0, 0.1) is 11.3 Å². The van der Waals surface area contributed by atoms with Crippen molar-refractivity contribution in [2.45, 2.75) is 102 Å². The summed E-state index contributed by atoms with van der Waals surface area (Å²) < 4.78 is 41.1. The summed E-state index contributed by atoms with van der Waals surface area (Å²) >= 11 is 1.45. The summed E-state index contributed by atoms with van der Waals surface area (Å²) in [5.41, 5.74) is 6.07. The first-order chi connectivity index (χ1) is 28.6. The van der Waals surface area contributed by atoms with E-state index in [1.165, 1.54) is 21.7 Å². The minimum atomic E-state index is -3.02. The number of benzene rings is 2. The van der Waals surface area contributed by atoms with E-state index in [4.69, 9.17) is 44.1 Å². The van der Waals surface area contributed by atoms with Gasteiger partial charge in [0.05, 0.1) is 36.3 Å². The minimum Gasteiger partial charge on any atom is -0.459 e. The lowest BCUT2D eigenvalue weighted by molar-refractivity contribution is -0.000402. The number of thiophene rings is 1. The molecule has 0 bridgehead atoms. The summed E-state index contributed by atoms with van der Waals surface area (Å²) in [5, 5.41) is 17.1. The van der Waals surface area contributed by atoms with Crippen molar-refractivity contribution >= 4 is 41.0 Å². The SMILES string of the molecule is C[C@H](Oc1nc(-c2noc([C@@]3(C)CCCc4sc(N)c(C#N)c43)n2)nc(N2CCOCC(C)(O[Si](c3ccccc3)(c3ccccc3)C(C)(C)C)C2)n1)[C@@H]1C[C@@H](F)CN1C. The van der Waals surface area contributed by atoms with E-state index in [9.17, 15) is 9.65 Å². The zero-order chi connectivity index (χ0) is 42.5. The second kappa shape index (κ2) is 16.2. The molecule has 0 saturated carbocycles. The highest BCUT2D eigenvalue weighted by molar-refractivity contribution is 7.16. The van der Waals surface area contributed by atoms with Crippen LogP contribution in [0.1, 0.15) is 82.7 Å². The Morgan fingerprint density at radius 2 is 1.73 bits per heavy atom. The Balaban J connectivity index is 1.19. The fraction of sp³-hybridized carbons (Fsp3) is 0.500. The number of nitrogen functional groups attached to an aromatic ring is 1. The lowest BCUT2D eigenvalue weighted by Crippen LogP contribution is -2.70. The van der Waals surface area contributed by atoms with Crippen LogP contribution in [-0.2, 0) is 21.0 Å². The van der Waals surface area contributed by atoms with Crippen molar-refractivity contribution in [1.82, 2.24) is 30.0 Å². The van der Waals surface area contributed by atoms with Crippen LogP contribution in [0.2, 0.25) is 5.04 Å². The molecule has 2 aromatic carbocycles. The molecule has 3 aliphatic rings. The van der Waals surface area contributed by atoms with Crippen LogP contribution in [0.3, 0.4) is 0 Å². The highest BCUT2D eigenvalue weighted by Crippen LogP contribution is 2.49. The molecule has 316 valence electrons. The summed E-state index contributed by atoms with van der Waals surface area (Å²) in [6, 6.07) is 23.3. The van der Waals surface area contributed by atoms with E-state index < -0.39 is 31.6 Å². The van der Waals surface area contributed by atoms with Crippen LogP contribution >= 0.6 is 11.3 Å². The first kappa shape index (κ1) is 41.9. The van der Waals surface area contributed by atoms with Gasteiger partial charge in [0.25, 0.3) is 8.32 Å². The maximum atomic E-state index is 14.5. The van der Waals surface area contributed by atoms with E-state index in [1.807, 2.05) is 37.9 Å². The fourth-order valence-electron chi connectivity index (χ4n) is 9.49. The van der Waals surface area contributed by atoms with Crippen LogP contribution in [-0.4, -0.2) is 102 Å². The van der Waals surface area contributed by atoms with Gasteiger partial charge in [-0.3, -0.25) is 4.90 Å². The number of aryl methyl sites for hydroxylation is 1. The van der Waals surface area contributed by atoms with E-state index in [0.29, 0.717) is 68.1 Å². The van der Waals surface area contributed by atoms with Gasteiger partial charge in [-0.25, -0.2) is 4.39 Å². The summed E-state index contributed by atoms with van der Waals surface area (Å²) in [7, 11) is -1.12. The number of likely N-dealkylation sites (N-methyl/N-ethyl adjacent to an activating group) is 1. The summed E-state index contributed by atoms with van der Waals surface area (Å²) in [6.07, 6.45) is 1.36. The van der Waals surface area contributed by atoms with Crippen molar-refractivity contribution < 1.29 is 22.8 Å². The number of hydrogen-bond acceptors (Lipinski definition) is 14. The van der Waals surface area contributed by atoms with Gasteiger partial charge in [-0.1, -0.05) is 86.6 Å². The molecule has 2 fully saturated rings. The Bertz CT molecular complexity index is 2310. The summed E-state index contributed by atoms with van der Waals surface area (Å²) in [5.74, 6) is 0.995. The molecule has 5 aromatic rings. The van der Waals surface area contributed by atoms with Crippen molar-refractivity contribution in [3.63, 3.8) is 0 Å². The van der Waals surface area contributed by atoms with Gasteiger partial charge in [-0.2, -0.15) is 25.2 Å². The largest absolute Gasteiger partial charge is 0.459 e. The molecular weight excluding hydrogens is 798 g/mol. The molecule has 0 spiro atoms. The maximum Gasteiger partial charge on any atom is 0.322 e. The average Bonchev–Trinajstić information content (AvgIpc) is 3.91. The van der Waals surface area contributed by atoms with Crippen molar-refractivity contribution in [1.29, 1.82) is 5.26 Å². The smallest absolute Gasteiger partial charge is 0.322 e. The second-order valence-electron chi connectivity index (χ2n) is 18.0. The van der Waals surface area contributed by atoms with Gasteiger partial charge < -0.3 is 29.1 Å². The highest BCUT2D eigenvalue weighted by Gasteiger charge is 2.54. The van der Waals surface area contributed by atoms with Crippen LogP contribution in [0.4, 0.5) is 15.3 Å². The number of fused-ring (bicyclic) bond motifs is 1. The Hall–Kier alpha value is -4.79. The molecule has 2 saturated heterocycles. The maximum absolute atomic E-state index is 14.5. The number of halogens is 1. The lowest BCUT2D eigenvalue weighted by atomic mass is 9.72. The molecule has 16 heteroatoms. The highest BCUT2D eigenvalue weighted by atomic mass is 32.1. The molecule has 2 aliphatic heterocycles. The van der Waals surface area contributed by atoms with E-state index in [2.05, 4.69) is 92.4 Å². The minimum absolute atomic E-state index is 0.0628. The van der Waals surface area contributed by atoms with Gasteiger partial charge in [-0.15, -0.1) is 11.3 Å². The predicted molar refractivity (Wildman–Crippen MR) is 232 cm³/mol. The third-order valence-electron chi connectivity index (χ3n) is 12.4. The molecule has 0 amide bonds. The number of nitrogens with two attached hydrogens (primary N) is 1. The van der Waals surface area contributed by atoms with Crippen LogP contribution in [0.15, 0.2) is 65.2 Å². The molecule has 13 nitrogen and oxygen atoms in total. The molecule has 3 aromatic heterocycles. The number of hydrogen-bond donors (Lipinski definition) is 1. The molecule has 1 aliphatic carbocycles. The van der Waals surface area contributed by atoms with Gasteiger partial charge in [-0.05, 0) is 68.9 Å². The number of aromatic nitrogens is 5. The first-order valence-corrected chi connectivity index (χ1v) is 23.4. The number of anilines is 2. The molecule has 2 N–H and O–H groups in total. The Morgan fingerprint density at radius 3 is 2.37 bits per heavy atom. The van der Waals surface area contributed by atoms with Crippen LogP contribution < -0.4 is 25.7 Å². The quantitative estimate of drug-likeness (QED) is 0.162. The fourth-order valence-corrected chi connectivity index (χ4v) is 15.5. The van der Waals surface area contributed by atoms with Gasteiger partial charge in [0, 0.05) is 29.6 Å². The zero-order valence-electron chi connectivity index (χ0n) is 35.4. The van der Waals surface area contributed by atoms with E-state index in [-0.39, 0.29) is 28.7 Å². The molecule has 5 heterocycles. The summed E-state index contributed by atoms with van der Waals surface area (Å²) in [6.45, 7) is 14.7. The van der Waals surface area contributed by atoms with Crippen molar-refractivity contribution in [3.8, 4) is 23.7 Å². The van der Waals surface area contributed by atoms with E-state index in [0.717, 1.165) is 23.3 Å². The first-order valence-electron chi connectivity index (χ1n) is 20.7. The molecular formula is C44H54FN9O4SSi. The average molecular weight is 852 g/mol. The topological polar surface area (TPSA) is 162 Å². The summed E-state index contributed by atoms with van der Waals surface area (Å²) in [4.78, 5) is 24.6. The third kappa shape index (κ3) is 7.70. The lowest BCUT2D eigenvalue weighted by Gasteiger charge is -2.48. The number of ether oxygens (including phenoxy) is 2. The predicted octanol–water partition coefficient (Wildman–Crippen LogP) is 6.06. The molecule has 8 rings (SSSR count). The molecule has 60 heavy (non-hydrogen) atoms. The number of alkyl halides is 1. The number of likely N-dealkylation sites (tertiary alicyclic amines) is 1.